The molecule has 0 aliphatic carbocycles. The van der Waals surface area contributed by atoms with Crippen molar-refractivity contribution >= 4 is 17.6 Å². The number of hydrogen-bond donors (Lipinski definition) is 1. The molecule has 9 nitrogen and oxygen atoms in total. The first kappa shape index (κ1) is 32.0. The van der Waals surface area contributed by atoms with Crippen LogP contribution in [0.25, 0.3) is 0 Å². The van der Waals surface area contributed by atoms with Crippen molar-refractivity contribution in [2.24, 2.45) is 5.92 Å². The van der Waals surface area contributed by atoms with Gasteiger partial charge >= 0.3 is 6.61 Å². The highest BCUT2D eigenvalue weighted by Gasteiger charge is 2.45. The first-order valence-electron chi connectivity index (χ1n) is 14.5. The van der Waals surface area contributed by atoms with Crippen molar-refractivity contribution in [3.63, 3.8) is 0 Å². The van der Waals surface area contributed by atoms with Gasteiger partial charge in [0.1, 0.15) is 34.7 Å². The van der Waals surface area contributed by atoms with Crippen LogP contribution in [-0.2, 0) is 4.79 Å². The number of nitrogens with zero attached hydrogens (tertiary/aromatic N) is 3. The van der Waals surface area contributed by atoms with Crippen LogP contribution < -0.4 is 24.4 Å². The first-order chi connectivity index (χ1) is 21.6. The molecule has 1 N–H and O–H groups in total. The Morgan fingerprint density at radius 2 is 1.60 bits per heavy atom. The highest BCUT2D eigenvalue weighted by molar-refractivity contribution is 5.99. The molecule has 2 aliphatic heterocycles. The van der Waals surface area contributed by atoms with E-state index in [9.17, 15) is 18.4 Å². The number of likely N-dealkylation sites (tertiary alicyclic amines) is 1. The van der Waals surface area contributed by atoms with Crippen molar-refractivity contribution in [1.82, 2.24) is 15.2 Å². The van der Waals surface area contributed by atoms with Crippen molar-refractivity contribution in [2.75, 3.05) is 52.3 Å². The maximum absolute atomic E-state index is 15.4. The van der Waals surface area contributed by atoms with Crippen LogP contribution in [0.4, 0.5) is 23.4 Å². The third-order valence-electron chi connectivity index (χ3n) is 8.39. The molecule has 3 heterocycles. The fraction of sp³-hybridized carbons (Fsp3) is 0.406. The van der Waals surface area contributed by atoms with Gasteiger partial charge in [0, 0.05) is 66.0 Å². The minimum absolute atomic E-state index is 0.0173. The lowest BCUT2D eigenvalue weighted by molar-refractivity contribution is -0.120. The topological polar surface area (TPSA) is 93.2 Å². The maximum atomic E-state index is 15.4. The quantitative estimate of drug-likeness (QED) is 0.317. The number of halogens is 4. The van der Waals surface area contributed by atoms with E-state index in [-0.39, 0.29) is 47.5 Å². The average Bonchev–Trinajstić information content (AvgIpc) is 3.34. The number of pyridine rings is 1. The van der Waals surface area contributed by atoms with E-state index in [0.29, 0.717) is 5.75 Å². The van der Waals surface area contributed by atoms with Gasteiger partial charge in [0.05, 0.1) is 20.1 Å². The number of hydrogen-bond acceptors (Lipinski definition) is 7. The molecule has 2 aromatic carbocycles. The summed E-state index contributed by atoms with van der Waals surface area (Å²) >= 11 is 0. The molecule has 3 aromatic rings. The van der Waals surface area contributed by atoms with E-state index in [1.165, 1.54) is 43.4 Å². The van der Waals surface area contributed by atoms with Crippen LogP contribution in [0.1, 0.15) is 46.3 Å². The Labute approximate surface area is 258 Å². The minimum atomic E-state index is -3.02. The summed E-state index contributed by atoms with van der Waals surface area (Å²) in [7, 11) is 4.85. The van der Waals surface area contributed by atoms with Gasteiger partial charge in [-0.25, -0.2) is 13.8 Å². The lowest BCUT2D eigenvalue weighted by atomic mass is 9.87. The number of benzene rings is 2. The molecule has 13 heteroatoms. The Hall–Kier alpha value is -4.39. The number of carbonyl (C=O) groups is 2. The predicted molar refractivity (Wildman–Crippen MR) is 157 cm³/mol. The maximum Gasteiger partial charge on any atom is 0.387 e. The van der Waals surface area contributed by atoms with E-state index in [4.69, 9.17) is 14.5 Å². The van der Waals surface area contributed by atoms with Gasteiger partial charge in [0.25, 0.3) is 5.91 Å². The summed E-state index contributed by atoms with van der Waals surface area (Å²) in [4.78, 5) is 35.4. The number of piperidine rings is 1. The van der Waals surface area contributed by atoms with Crippen LogP contribution >= 0.6 is 0 Å². The summed E-state index contributed by atoms with van der Waals surface area (Å²) in [5.41, 5.74) is 0.576. The number of rotatable bonds is 10. The molecule has 2 amide bonds. The molecule has 2 atom stereocenters. The Morgan fingerprint density at radius 3 is 2.20 bits per heavy atom. The van der Waals surface area contributed by atoms with Crippen LogP contribution in [0.3, 0.4) is 0 Å². The Bertz CT molecular complexity index is 1510. The van der Waals surface area contributed by atoms with E-state index >= 15 is 8.78 Å². The van der Waals surface area contributed by atoms with Crippen molar-refractivity contribution in [2.45, 2.75) is 31.3 Å². The van der Waals surface area contributed by atoms with E-state index in [1.807, 2.05) is 6.07 Å². The number of anilines is 1. The van der Waals surface area contributed by atoms with Crippen molar-refractivity contribution in [3.05, 3.63) is 77.0 Å². The van der Waals surface area contributed by atoms with Gasteiger partial charge in [0.15, 0.2) is 0 Å². The van der Waals surface area contributed by atoms with Crippen molar-refractivity contribution < 1.29 is 41.4 Å². The predicted octanol–water partition coefficient (Wildman–Crippen LogP) is 4.96. The first-order valence-corrected chi connectivity index (χ1v) is 14.5. The zero-order chi connectivity index (χ0) is 32.2. The smallest absolute Gasteiger partial charge is 0.387 e. The SMILES string of the molecule is COc1cc(C2CCN(C)CC2)nc(N2C[C@@H](c3c(F)cc(OC)cc3F)C(CNC(=O)c3ccc(OC(F)F)cc3)C2=O)c1. The van der Waals surface area contributed by atoms with Gasteiger partial charge < -0.3 is 24.4 Å². The monoisotopic (exact) mass is 630 g/mol. The van der Waals surface area contributed by atoms with Gasteiger partial charge in [0.2, 0.25) is 5.91 Å². The second kappa shape index (κ2) is 13.7. The van der Waals surface area contributed by atoms with E-state index in [2.05, 4.69) is 22.0 Å². The summed E-state index contributed by atoms with van der Waals surface area (Å²) < 4.78 is 70.6. The molecule has 0 saturated carbocycles. The third kappa shape index (κ3) is 7.14. The number of alkyl halides is 2. The molecule has 0 spiro atoms. The summed E-state index contributed by atoms with van der Waals surface area (Å²) in [5.74, 6) is -4.13. The molecular weight excluding hydrogens is 596 g/mol. The zero-order valence-electron chi connectivity index (χ0n) is 25.1. The normalized spacial score (nSPS) is 19.2. The fourth-order valence-electron chi connectivity index (χ4n) is 5.92. The molecule has 0 radical (unpaired) electrons. The van der Waals surface area contributed by atoms with E-state index < -0.39 is 41.9 Å². The third-order valence-corrected chi connectivity index (χ3v) is 8.39. The van der Waals surface area contributed by atoms with Gasteiger partial charge in [-0.05, 0) is 57.2 Å². The lowest BCUT2D eigenvalue weighted by Gasteiger charge is -2.29. The molecule has 2 fully saturated rings. The van der Waals surface area contributed by atoms with E-state index in [1.54, 1.807) is 6.07 Å². The highest BCUT2D eigenvalue weighted by atomic mass is 19.3. The van der Waals surface area contributed by atoms with Crippen LogP contribution in [-0.4, -0.2) is 75.8 Å². The molecule has 1 unspecified atom stereocenters. The lowest BCUT2D eigenvalue weighted by Crippen LogP contribution is -2.36. The van der Waals surface area contributed by atoms with E-state index in [0.717, 1.165) is 43.8 Å². The number of aromatic nitrogens is 1. The van der Waals surface area contributed by atoms with Gasteiger partial charge in [-0.2, -0.15) is 8.78 Å². The van der Waals surface area contributed by atoms with Crippen LogP contribution in [0.2, 0.25) is 0 Å². The van der Waals surface area contributed by atoms with Gasteiger partial charge in [-0.1, -0.05) is 0 Å². The van der Waals surface area contributed by atoms with Crippen molar-refractivity contribution in [3.8, 4) is 17.2 Å². The Balaban J connectivity index is 1.45. The Kier molecular flexibility index (Phi) is 9.76. The molecule has 5 rings (SSSR count). The Morgan fingerprint density at radius 1 is 0.978 bits per heavy atom. The van der Waals surface area contributed by atoms with Crippen LogP contribution in [0, 0.1) is 17.6 Å². The second-order valence-corrected chi connectivity index (χ2v) is 11.1. The average molecular weight is 631 g/mol. The molecule has 45 heavy (non-hydrogen) atoms. The molecule has 240 valence electrons. The minimum Gasteiger partial charge on any atom is -0.497 e. The van der Waals surface area contributed by atoms with Gasteiger partial charge in [-0.15, -0.1) is 0 Å². The summed E-state index contributed by atoms with van der Waals surface area (Å²) in [6, 6.07) is 10.6. The summed E-state index contributed by atoms with van der Waals surface area (Å²) in [6.45, 7) is -1.60. The zero-order valence-corrected chi connectivity index (χ0v) is 25.1. The number of carbonyl (C=O) groups excluding carboxylic acids is 2. The van der Waals surface area contributed by atoms with Crippen LogP contribution in [0.5, 0.6) is 17.2 Å². The fourth-order valence-corrected chi connectivity index (χ4v) is 5.92. The van der Waals surface area contributed by atoms with Gasteiger partial charge in [-0.3, -0.25) is 14.5 Å². The molecule has 1 aromatic heterocycles. The number of methoxy groups -OCH3 is 2. The summed E-state index contributed by atoms with van der Waals surface area (Å²) in [5, 5.41) is 2.66. The second-order valence-electron chi connectivity index (χ2n) is 11.1. The van der Waals surface area contributed by atoms with Crippen LogP contribution in [0.15, 0.2) is 48.5 Å². The summed E-state index contributed by atoms with van der Waals surface area (Å²) in [6.07, 6.45) is 1.75. The largest absolute Gasteiger partial charge is 0.497 e. The number of ether oxygens (including phenoxy) is 3. The number of amides is 2. The molecule has 0 bridgehead atoms. The molecule has 2 aliphatic rings. The standard InChI is InChI=1S/C32H34F4N4O5/c1-39-10-8-18(9-11-39)27-14-22(44-3)15-28(38-27)40-17-24(29-25(33)12-21(43-2)13-26(29)34)23(31(40)42)16-37-30(41)19-4-6-20(7-5-19)45-32(35)36/h4-7,12-15,18,23-24,32H,8-11,16-17H2,1-3H3,(H,37,41)/t23?,24-/m1/s1. The highest BCUT2D eigenvalue weighted by Crippen LogP contribution is 2.40. The van der Waals surface area contributed by atoms with Crippen molar-refractivity contribution in [1.29, 1.82) is 0 Å². The molecule has 2 saturated heterocycles. The number of nitrogens with one attached hydrogen (secondary N) is 1. The molecular formula is C32H34F4N4O5.